The molecular weight excluding hydrogens is 296 g/mol. The Kier molecular flexibility index (Phi) is 5.92. The Morgan fingerprint density at radius 2 is 2.09 bits per heavy atom. The average molecular weight is 320 g/mol. The molecule has 7 nitrogen and oxygen atoms in total. The van der Waals surface area contributed by atoms with Gasteiger partial charge in [0.05, 0.1) is 12.2 Å². The van der Waals surface area contributed by atoms with Crippen molar-refractivity contribution in [2.45, 2.75) is 19.4 Å². The molecule has 1 aromatic heterocycles. The van der Waals surface area contributed by atoms with E-state index in [2.05, 4.69) is 10.3 Å². The van der Waals surface area contributed by atoms with Crippen LogP contribution in [0.2, 0.25) is 0 Å². The predicted molar refractivity (Wildman–Crippen MR) is 85.9 cm³/mol. The molecule has 1 aromatic rings. The fourth-order valence-electron chi connectivity index (χ4n) is 2.53. The van der Waals surface area contributed by atoms with Gasteiger partial charge in [0.25, 0.3) is 5.91 Å². The molecule has 0 atom stereocenters. The molecule has 0 aromatic carbocycles. The van der Waals surface area contributed by atoms with Gasteiger partial charge >= 0.3 is 6.03 Å². The Balaban J connectivity index is 1.96. The molecule has 1 fully saturated rings. The number of likely N-dealkylation sites (tertiary alicyclic amines) is 1. The Hall–Kier alpha value is -2.15. The molecule has 3 amide bonds. The van der Waals surface area contributed by atoms with E-state index in [4.69, 9.17) is 5.11 Å². The molecule has 0 aliphatic carbocycles. The first-order chi connectivity index (χ1) is 11.0. The van der Waals surface area contributed by atoms with Gasteiger partial charge in [0.1, 0.15) is 0 Å². The van der Waals surface area contributed by atoms with Crippen LogP contribution in [0.5, 0.6) is 0 Å². The van der Waals surface area contributed by atoms with E-state index in [9.17, 15) is 9.59 Å². The van der Waals surface area contributed by atoms with Gasteiger partial charge < -0.3 is 20.2 Å². The first-order valence-electron chi connectivity index (χ1n) is 7.81. The fourth-order valence-corrected chi connectivity index (χ4v) is 2.53. The number of pyridine rings is 1. The van der Waals surface area contributed by atoms with Crippen LogP contribution in [0.1, 0.15) is 28.9 Å². The summed E-state index contributed by atoms with van der Waals surface area (Å²) in [5, 5.41) is 11.9. The van der Waals surface area contributed by atoms with Crippen molar-refractivity contribution in [1.29, 1.82) is 0 Å². The molecule has 0 radical (unpaired) electrons. The maximum atomic E-state index is 12.5. The average Bonchev–Trinajstić information content (AvgIpc) is 2.59. The normalized spacial score (nSPS) is 15.3. The van der Waals surface area contributed by atoms with Crippen LogP contribution in [-0.4, -0.2) is 65.6 Å². The lowest BCUT2D eigenvalue weighted by atomic mass is 9.97. The molecule has 0 spiro atoms. The second kappa shape index (κ2) is 7.92. The Labute approximate surface area is 136 Å². The van der Waals surface area contributed by atoms with Crippen molar-refractivity contribution in [1.82, 2.24) is 20.1 Å². The highest BCUT2D eigenvalue weighted by molar-refractivity contribution is 5.94. The predicted octanol–water partition coefficient (Wildman–Crippen LogP) is 0.697. The number of aliphatic hydroxyl groups excluding tert-OH is 1. The lowest BCUT2D eigenvalue weighted by Gasteiger charge is -2.31. The number of aliphatic hydroxyl groups is 1. The van der Waals surface area contributed by atoms with Crippen LogP contribution in [0.15, 0.2) is 18.3 Å². The van der Waals surface area contributed by atoms with Gasteiger partial charge in [-0.25, -0.2) is 4.79 Å². The van der Waals surface area contributed by atoms with E-state index < -0.39 is 0 Å². The highest BCUT2D eigenvalue weighted by Gasteiger charge is 2.23. The monoisotopic (exact) mass is 320 g/mol. The number of nitrogens with one attached hydrogen (secondary N) is 1. The third-order valence-corrected chi connectivity index (χ3v) is 4.05. The summed E-state index contributed by atoms with van der Waals surface area (Å²) in [6, 6.07) is 3.21. The van der Waals surface area contributed by atoms with Crippen LogP contribution >= 0.6 is 0 Å². The van der Waals surface area contributed by atoms with E-state index in [0.29, 0.717) is 30.3 Å². The molecule has 0 bridgehead atoms. The first-order valence-corrected chi connectivity index (χ1v) is 7.81. The zero-order chi connectivity index (χ0) is 16.8. The van der Waals surface area contributed by atoms with Gasteiger partial charge in [0.2, 0.25) is 0 Å². The van der Waals surface area contributed by atoms with Gasteiger partial charge in [-0.15, -0.1) is 0 Å². The standard InChI is InChI=1S/C16H24N4O3/c1-19(2)16(23)18-10-14-9-13(3-6-17-14)15(22)20-7-4-12(11-21)5-8-20/h3,6,9,12,21H,4-5,7-8,10-11H2,1-2H3,(H,18,23). The number of nitrogens with zero attached hydrogens (tertiary/aromatic N) is 3. The van der Waals surface area contributed by atoms with Crippen molar-refractivity contribution in [2.75, 3.05) is 33.8 Å². The Morgan fingerprint density at radius 1 is 1.39 bits per heavy atom. The second-order valence-corrected chi connectivity index (χ2v) is 6.01. The van der Waals surface area contributed by atoms with Gasteiger partial charge in [-0.3, -0.25) is 9.78 Å². The third kappa shape index (κ3) is 4.66. The quantitative estimate of drug-likeness (QED) is 0.855. The lowest BCUT2D eigenvalue weighted by molar-refractivity contribution is 0.0650. The van der Waals surface area contributed by atoms with Crippen molar-refractivity contribution in [3.63, 3.8) is 0 Å². The molecule has 1 saturated heterocycles. The highest BCUT2D eigenvalue weighted by Crippen LogP contribution is 2.18. The van der Waals surface area contributed by atoms with Crippen molar-refractivity contribution < 1.29 is 14.7 Å². The van der Waals surface area contributed by atoms with Gasteiger partial charge in [0.15, 0.2) is 0 Å². The van der Waals surface area contributed by atoms with Crippen LogP contribution in [0.3, 0.4) is 0 Å². The van der Waals surface area contributed by atoms with Crippen molar-refractivity contribution in [2.24, 2.45) is 5.92 Å². The van der Waals surface area contributed by atoms with Crippen molar-refractivity contribution in [3.8, 4) is 0 Å². The summed E-state index contributed by atoms with van der Waals surface area (Å²) in [6.45, 7) is 1.80. The van der Waals surface area contributed by atoms with Gasteiger partial charge in [-0.05, 0) is 30.9 Å². The Bertz CT molecular complexity index is 554. The summed E-state index contributed by atoms with van der Waals surface area (Å²) < 4.78 is 0. The number of urea groups is 1. The molecule has 2 rings (SSSR count). The number of hydrogen-bond donors (Lipinski definition) is 2. The largest absolute Gasteiger partial charge is 0.396 e. The molecule has 126 valence electrons. The number of carbonyl (C=O) groups is 2. The van der Waals surface area contributed by atoms with Crippen LogP contribution in [0.4, 0.5) is 4.79 Å². The van der Waals surface area contributed by atoms with E-state index in [1.54, 1.807) is 32.4 Å². The van der Waals surface area contributed by atoms with Crippen LogP contribution in [-0.2, 0) is 6.54 Å². The number of carbonyl (C=O) groups excluding carboxylic acids is 2. The van der Waals surface area contributed by atoms with Crippen LogP contribution < -0.4 is 5.32 Å². The lowest BCUT2D eigenvalue weighted by Crippen LogP contribution is -2.39. The van der Waals surface area contributed by atoms with Crippen LogP contribution in [0, 0.1) is 5.92 Å². The SMILES string of the molecule is CN(C)C(=O)NCc1cc(C(=O)N2CCC(CO)CC2)ccn1. The minimum absolute atomic E-state index is 0.0241. The summed E-state index contributed by atoms with van der Waals surface area (Å²) >= 11 is 0. The third-order valence-electron chi connectivity index (χ3n) is 4.05. The molecular formula is C16H24N4O3. The molecule has 1 aliphatic heterocycles. The van der Waals surface area contributed by atoms with Gasteiger partial charge in [-0.1, -0.05) is 0 Å². The van der Waals surface area contributed by atoms with E-state index in [1.165, 1.54) is 4.90 Å². The van der Waals surface area contributed by atoms with E-state index in [-0.39, 0.29) is 25.1 Å². The minimum atomic E-state index is -0.199. The van der Waals surface area contributed by atoms with Gasteiger partial charge in [-0.2, -0.15) is 0 Å². The molecule has 2 N–H and O–H groups in total. The summed E-state index contributed by atoms with van der Waals surface area (Å²) in [5.41, 5.74) is 1.23. The summed E-state index contributed by atoms with van der Waals surface area (Å²) in [5.74, 6) is 0.275. The van der Waals surface area contributed by atoms with Gasteiger partial charge in [0, 0.05) is 45.6 Å². The second-order valence-electron chi connectivity index (χ2n) is 6.01. The van der Waals surface area contributed by atoms with E-state index >= 15 is 0 Å². The van der Waals surface area contributed by atoms with E-state index in [0.717, 1.165) is 12.8 Å². The summed E-state index contributed by atoms with van der Waals surface area (Å²) in [6.07, 6.45) is 3.25. The first kappa shape index (κ1) is 17.2. The number of piperidine rings is 1. The molecule has 2 heterocycles. The maximum absolute atomic E-state index is 12.5. The number of rotatable bonds is 4. The molecule has 0 unspecified atom stereocenters. The van der Waals surface area contributed by atoms with Crippen molar-refractivity contribution in [3.05, 3.63) is 29.6 Å². The number of hydrogen-bond acceptors (Lipinski definition) is 4. The zero-order valence-corrected chi connectivity index (χ0v) is 13.7. The Morgan fingerprint density at radius 3 is 2.70 bits per heavy atom. The zero-order valence-electron chi connectivity index (χ0n) is 13.7. The number of aromatic nitrogens is 1. The maximum Gasteiger partial charge on any atom is 0.317 e. The molecule has 23 heavy (non-hydrogen) atoms. The highest BCUT2D eigenvalue weighted by atomic mass is 16.3. The molecule has 1 aliphatic rings. The fraction of sp³-hybridized carbons (Fsp3) is 0.562. The summed E-state index contributed by atoms with van der Waals surface area (Å²) in [4.78, 5) is 31.5. The van der Waals surface area contributed by atoms with Crippen molar-refractivity contribution >= 4 is 11.9 Å². The molecule has 0 saturated carbocycles. The minimum Gasteiger partial charge on any atom is -0.396 e. The summed E-state index contributed by atoms with van der Waals surface area (Å²) in [7, 11) is 3.33. The van der Waals surface area contributed by atoms with E-state index in [1.807, 2.05) is 4.90 Å². The topological polar surface area (TPSA) is 85.8 Å². The van der Waals surface area contributed by atoms with Crippen LogP contribution in [0.25, 0.3) is 0 Å². The smallest absolute Gasteiger partial charge is 0.317 e. The molecule has 7 heteroatoms. The number of amides is 3.